The molecule has 0 bridgehead atoms. The summed E-state index contributed by atoms with van der Waals surface area (Å²) in [5.41, 5.74) is 0.562. The number of para-hydroxylation sites is 2. The van der Waals surface area contributed by atoms with E-state index in [2.05, 4.69) is 10.6 Å². The van der Waals surface area contributed by atoms with Gasteiger partial charge in [-0.15, -0.1) is 0 Å². The molecule has 0 saturated carbocycles. The highest BCUT2D eigenvalue weighted by Crippen LogP contribution is 2.27. The zero-order valence-electron chi connectivity index (χ0n) is 11.7. The highest BCUT2D eigenvalue weighted by Gasteiger charge is 2.07. The number of ether oxygens (including phenoxy) is 2. The molecule has 0 aromatic heterocycles. The van der Waals surface area contributed by atoms with Crippen LogP contribution in [0.25, 0.3) is 0 Å². The van der Waals surface area contributed by atoms with Gasteiger partial charge in [0.05, 0.1) is 17.8 Å². The number of nitrogens with one attached hydrogen (secondary N) is 2. The quantitative estimate of drug-likeness (QED) is 0.803. The fourth-order valence-corrected chi connectivity index (χ4v) is 2.15. The average Bonchev–Trinajstić information content (AvgIpc) is 2.50. The Morgan fingerprint density at radius 1 is 1.14 bits per heavy atom. The van der Waals surface area contributed by atoms with Crippen molar-refractivity contribution in [3.63, 3.8) is 0 Å². The number of halogens is 2. The molecule has 0 aliphatic carbocycles. The molecule has 0 unspecified atom stereocenters. The molecule has 0 aliphatic rings. The Morgan fingerprint density at radius 3 is 2.64 bits per heavy atom. The predicted octanol–water partition coefficient (Wildman–Crippen LogP) is 4.16. The van der Waals surface area contributed by atoms with E-state index in [4.69, 9.17) is 32.7 Å². The number of carbonyl (C=O) groups is 1. The van der Waals surface area contributed by atoms with Crippen molar-refractivity contribution in [3.05, 3.63) is 52.5 Å². The molecule has 0 aliphatic heterocycles. The third kappa shape index (κ3) is 4.44. The van der Waals surface area contributed by atoms with Gasteiger partial charge >= 0.3 is 6.03 Å². The normalized spacial score (nSPS) is 9.95. The third-order valence-corrected chi connectivity index (χ3v) is 3.24. The number of amides is 2. The van der Waals surface area contributed by atoms with E-state index in [-0.39, 0.29) is 6.73 Å². The standard InChI is InChI=1S/C15H14Cl2N2O3/c1-21-14-5-3-2-4-12(14)19-15(20)18-9-22-13-7-6-10(16)8-11(13)17/h2-8H,9H2,1H3,(H2,18,19,20). The Labute approximate surface area is 138 Å². The summed E-state index contributed by atoms with van der Waals surface area (Å²) in [6.07, 6.45) is 0. The maximum atomic E-state index is 11.8. The number of urea groups is 1. The lowest BCUT2D eigenvalue weighted by Gasteiger charge is -2.12. The van der Waals surface area contributed by atoms with E-state index >= 15 is 0 Å². The van der Waals surface area contributed by atoms with Gasteiger partial charge in [-0.05, 0) is 30.3 Å². The Kier molecular flexibility index (Phi) is 5.75. The molecule has 2 amide bonds. The monoisotopic (exact) mass is 340 g/mol. The molecule has 5 nitrogen and oxygen atoms in total. The second kappa shape index (κ2) is 7.77. The fraction of sp³-hybridized carbons (Fsp3) is 0.133. The highest BCUT2D eigenvalue weighted by molar-refractivity contribution is 6.35. The van der Waals surface area contributed by atoms with Crippen molar-refractivity contribution < 1.29 is 14.3 Å². The van der Waals surface area contributed by atoms with E-state index in [1.165, 1.54) is 7.11 Å². The molecule has 116 valence electrons. The molecular formula is C15H14Cl2N2O3. The summed E-state index contributed by atoms with van der Waals surface area (Å²) in [6, 6.07) is 11.5. The highest BCUT2D eigenvalue weighted by atomic mass is 35.5. The molecule has 22 heavy (non-hydrogen) atoms. The summed E-state index contributed by atoms with van der Waals surface area (Å²) in [5, 5.41) is 6.10. The lowest BCUT2D eigenvalue weighted by molar-refractivity contribution is 0.234. The molecule has 0 spiro atoms. The van der Waals surface area contributed by atoms with Crippen molar-refractivity contribution >= 4 is 34.9 Å². The van der Waals surface area contributed by atoms with Crippen LogP contribution in [0.15, 0.2) is 42.5 Å². The summed E-state index contributed by atoms with van der Waals surface area (Å²) in [7, 11) is 1.53. The number of hydrogen-bond acceptors (Lipinski definition) is 3. The van der Waals surface area contributed by atoms with Crippen molar-refractivity contribution in [3.8, 4) is 11.5 Å². The predicted molar refractivity (Wildman–Crippen MR) is 87.1 cm³/mol. The molecule has 2 aromatic rings. The van der Waals surface area contributed by atoms with Gasteiger partial charge in [0.25, 0.3) is 0 Å². The Bertz CT molecular complexity index is 665. The lowest BCUT2D eigenvalue weighted by atomic mass is 10.3. The minimum absolute atomic E-state index is 0.0394. The molecule has 0 saturated heterocycles. The largest absolute Gasteiger partial charge is 0.495 e. The summed E-state index contributed by atoms with van der Waals surface area (Å²) < 4.78 is 10.5. The van der Waals surface area contributed by atoms with Crippen LogP contribution in [0.2, 0.25) is 10.0 Å². The van der Waals surface area contributed by atoms with E-state index in [1.807, 2.05) is 6.07 Å². The van der Waals surface area contributed by atoms with Gasteiger partial charge < -0.3 is 20.1 Å². The van der Waals surface area contributed by atoms with Gasteiger partial charge in [0.1, 0.15) is 11.5 Å². The van der Waals surface area contributed by atoms with E-state index in [0.717, 1.165) is 0 Å². The number of methoxy groups -OCH3 is 1. The second-order valence-electron chi connectivity index (χ2n) is 4.19. The molecular weight excluding hydrogens is 327 g/mol. The lowest BCUT2D eigenvalue weighted by Crippen LogP contribution is -2.32. The van der Waals surface area contributed by atoms with Gasteiger partial charge in [-0.3, -0.25) is 0 Å². The fourth-order valence-electron chi connectivity index (χ4n) is 1.69. The first-order valence-electron chi connectivity index (χ1n) is 6.36. The molecule has 7 heteroatoms. The summed E-state index contributed by atoms with van der Waals surface area (Å²) in [5.74, 6) is 1.00. The number of benzene rings is 2. The van der Waals surface area contributed by atoms with Gasteiger partial charge in [-0.1, -0.05) is 35.3 Å². The van der Waals surface area contributed by atoms with Crippen molar-refractivity contribution in [2.75, 3.05) is 19.2 Å². The van der Waals surface area contributed by atoms with Crippen molar-refractivity contribution in [1.29, 1.82) is 0 Å². The van der Waals surface area contributed by atoms with Crippen LogP contribution in [0.1, 0.15) is 0 Å². The molecule has 2 N–H and O–H groups in total. The van der Waals surface area contributed by atoms with E-state index in [1.54, 1.807) is 36.4 Å². The van der Waals surface area contributed by atoms with E-state index < -0.39 is 6.03 Å². The Balaban J connectivity index is 1.85. The number of hydrogen-bond donors (Lipinski definition) is 2. The first-order chi connectivity index (χ1) is 10.6. The molecule has 0 radical (unpaired) electrons. The maximum Gasteiger partial charge on any atom is 0.321 e. The van der Waals surface area contributed by atoms with Gasteiger partial charge in [0.15, 0.2) is 6.73 Å². The van der Waals surface area contributed by atoms with E-state index in [0.29, 0.717) is 27.2 Å². The Morgan fingerprint density at radius 2 is 1.91 bits per heavy atom. The smallest absolute Gasteiger partial charge is 0.321 e. The molecule has 0 fully saturated rings. The van der Waals surface area contributed by atoms with Crippen LogP contribution in [-0.4, -0.2) is 19.9 Å². The first kappa shape index (κ1) is 16.3. The number of anilines is 1. The Hall–Kier alpha value is -2.11. The zero-order valence-corrected chi connectivity index (χ0v) is 13.2. The van der Waals surface area contributed by atoms with Crippen LogP contribution in [0.3, 0.4) is 0 Å². The van der Waals surface area contributed by atoms with Gasteiger partial charge in [0.2, 0.25) is 0 Å². The van der Waals surface area contributed by atoms with Crippen molar-refractivity contribution in [1.82, 2.24) is 5.32 Å². The molecule has 2 rings (SSSR count). The number of carbonyl (C=O) groups excluding carboxylic acids is 1. The SMILES string of the molecule is COc1ccccc1NC(=O)NCOc1ccc(Cl)cc1Cl. The summed E-state index contributed by atoms with van der Waals surface area (Å²) >= 11 is 11.7. The first-order valence-corrected chi connectivity index (χ1v) is 7.11. The topological polar surface area (TPSA) is 59.6 Å². The summed E-state index contributed by atoms with van der Waals surface area (Å²) in [4.78, 5) is 11.8. The minimum Gasteiger partial charge on any atom is -0.495 e. The van der Waals surface area contributed by atoms with Crippen molar-refractivity contribution in [2.45, 2.75) is 0 Å². The van der Waals surface area contributed by atoms with Crippen molar-refractivity contribution in [2.24, 2.45) is 0 Å². The van der Waals surface area contributed by atoms with E-state index in [9.17, 15) is 4.79 Å². The third-order valence-electron chi connectivity index (χ3n) is 2.71. The average molecular weight is 341 g/mol. The van der Waals surface area contributed by atoms with Gasteiger partial charge in [-0.25, -0.2) is 4.79 Å². The van der Waals surface area contributed by atoms with Crippen LogP contribution in [0.4, 0.5) is 10.5 Å². The van der Waals surface area contributed by atoms with Gasteiger partial charge in [-0.2, -0.15) is 0 Å². The molecule has 0 atom stereocenters. The second-order valence-corrected chi connectivity index (χ2v) is 5.04. The molecule has 0 heterocycles. The van der Waals surface area contributed by atoms with Crippen LogP contribution in [0, 0.1) is 0 Å². The maximum absolute atomic E-state index is 11.8. The van der Waals surface area contributed by atoms with Gasteiger partial charge in [0, 0.05) is 5.02 Å². The summed E-state index contributed by atoms with van der Waals surface area (Å²) in [6.45, 7) is -0.0394. The molecule has 2 aromatic carbocycles. The minimum atomic E-state index is -0.422. The van der Waals surface area contributed by atoms with Crippen LogP contribution in [0.5, 0.6) is 11.5 Å². The van der Waals surface area contributed by atoms with Crippen LogP contribution >= 0.6 is 23.2 Å². The number of rotatable bonds is 5. The zero-order chi connectivity index (χ0) is 15.9. The van der Waals surface area contributed by atoms with Crippen LogP contribution in [-0.2, 0) is 0 Å². The van der Waals surface area contributed by atoms with Crippen LogP contribution < -0.4 is 20.1 Å².